The normalized spacial score (nSPS) is 11.6. The van der Waals surface area contributed by atoms with E-state index in [9.17, 15) is 27.6 Å². The topological polar surface area (TPSA) is 116 Å². The van der Waals surface area contributed by atoms with Gasteiger partial charge in [0, 0.05) is 25.8 Å². The van der Waals surface area contributed by atoms with Crippen molar-refractivity contribution in [3.8, 4) is 0 Å². The number of anilines is 2. The maximum absolute atomic E-state index is 12.8. The molecule has 0 spiro atoms. The van der Waals surface area contributed by atoms with Crippen LogP contribution in [0.25, 0.3) is 0 Å². The monoisotopic (exact) mass is 538 g/mol. The van der Waals surface area contributed by atoms with E-state index >= 15 is 0 Å². The maximum atomic E-state index is 12.8. The van der Waals surface area contributed by atoms with Crippen molar-refractivity contribution in [3.05, 3.63) is 53.9 Å². The van der Waals surface area contributed by atoms with Gasteiger partial charge in [-0.2, -0.15) is 13.2 Å². The zero-order valence-electron chi connectivity index (χ0n) is 22.0. The van der Waals surface area contributed by atoms with E-state index in [1.807, 2.05) is 5.32 Å². The number of urea groups is 1. The molecule has 10 nitrogen and oxygen atoms in total. The van der Waals surface area contributed by atoms with E-state index in [0.717, 1.165) is 0 Å². The first-order chi connectivity index (χ1) is 17.6. The second kappa shape index (κ2) is 13.1. The Morgan fingerprint density at radius 3 is 2.11 bits per heavy atom. The molecule has 1 aromatic heterocycles. The molecule has 0 aliphatic heterocycles. The van der Waals surface area contributed by atoms with Crippen LogP contribution in [0.4, 0.5) is 34.1 Å². The number of halogens is 3. The van der Waals surface area contributed by atoms with Gasteiger partial charge in [-0.25, -0.2) is 9.59 Å². The van der Waals surface area contributed by atoms with Crippen LogP contribution in [0.15, 0.2) is 42.6 Å². The molecule has 0 atom stereocenters. The van der Waals surface area contributed by atoms with Crippen molar-refractivity contribution in [1.29, 1.82) is 0 Å². The average Bonchev–Trinajstić information content (AvgIpc) is 2.80. The lowest BCUT2D eigenvalue weighted by atomic mass is 10.2. The summed E-state index contributed by atoms with van der Waals surface area (Å²) in [4.78, 5) is 44.4. The van der Waals surface area contributed by atoms with Gasteiger partial charge in [0.05, 0.1) is 11.4 Å². The van der Waals surface area contributed by atoms with Crippen molar-refractivity contribution in [2.45, 2.75) is 39.1 Å². The van der Waals surface area contributed by atoms with Crippen molar-refractivity contribution in [2.24, 2.45) is 0 Å². The first-order valence-corrected chi connectivity index (χ1v) is 11.7. The van der Waals surface area contributed by atoms with Gasteiger partial charge in [-0.3, -0.25) is 15.1 Å². The van der Waals surface area contributed by atoms with Crippen molar-refractivity contribution < 1.29 is 32.3 Å². The van der Waals surface area contributed by atoms with E-state index in [4.69, 9.17) is 4.74 Å². The van der Waals surface area contributed by atoms with Crippen LogP contribution in [0.1, 0.15) is 36.8 Å². The number of nitrogens with one attached hydrogen (secondary N) is 3. The number of aromatic nitrogens is 1. The number of ether oxygens (including phenoxy) is 1. The minimum Gasteiger partial charge on any atom is -0.444 e. The minimum absolute atomic E-state index is 0.00489. The first kappa shape index (κ1) is 30.4. The van der Waals surface area contributed by atoms with Gasteiger partial charge < -0.3 is 25.2 Å². The predicted octanol–water partition coefficient (Wildman–Crippen LogP) is 4.32. The van der Waals surface area contributed by atoms with E-state index < -0.39 is 36.4 Å². The second-order valence-electron chi connectivity index (χ2n) is 9.68. The molecule has 4 amide bonds. The molecule has 13 heteroatoms. The molecule has 0 fully saturated rings. The molecular weight excluding hydrogens is 505 g/mol. The van der Waals surface area contributed by atoms with Gasteiger partial charge in [-0.05, 0) is 58.6 Å². The summed E-state index contributed by atoms with van der Waals surface area (Å²) in [5.74, 6) is -0.553. The lowest BCUT2D eigenvalue weighted by molar-refractivity contribution is -0.123. The van der Waals surface area contributed by atoms with Gasteiger partial charge in [-0.1, -0.05) is 18.2 Å². The predicted molar refractivity (Wildman–Crippen MR) is 137 cm³/mol. The fraction of sp³-hybridized carbons (Fsp3) is 0.440. The van der Waals surface area contributed by atoms with Crippen LogP contribution in [0.5, 0.6) is 0 Å². The Morgan fingerprint density at radius 2 is 1.58 bits per heavy atom. The van der Waals surface area contributed by atoms with E-state index in [-0.39, 0.29) is 18.8 Å². The van der Waals surface area contributed by atoms with Gasteiger partial charge in [0.25, 0.3) is 5.91 Å². The van der Waals surface area contributed by atoms with Crippen molar-refractivity contribution in [1.82, 2.24) is 20.1 Å². The summed E-state index contributed by atoms with van der Waals surface area (Å²) in [7, 11) is 3.56. The molecule has 0 saturated heterocycles. The summed E-state index contributed by atoms with van der Waals surface area (Å²) >= 11 is 0. The molecule has 208 valence electrons. The summed E-state index contributed by atoms with van der Waals surface area (Å²) in [6, 6.07) is 8.70. The van der Waals surface area contributed by atoms with Crippen molar-refractivity contribution >= 4 is 29.4 Å². The van der Waals surface area contributed by atoms with Gasteiger partial charge in [0.1, 0.15) is 17.8 Å². The van der Waals surface area contributed by atoms with Gasteiger partial charge in [-0.15, -0.1) is 0 Å². The molecule has 0 unspecified atom stereocenters. The molecule has 0 aliphatic rings. The molecule has 0 bridgehead atoms. The Morgan fingerprint density at radius 1 is 0.947 bits per heavy atom. The van der Waals surface area contributed by atoms with E-state index in [0.29, 0.717) is 23.5 Å². The standard InChI is InChI=1S/C25H33F3N6O4/c1-24(2,3)38-23(37)32-19-9-7-6-8-18(19)31-21(35)20-11-10-17(14-29-20)15-34(13-12-33(4)5)22(36)30-16-25(26,27)28/h6-11,14H,12-13,15-16H2,1-5H3,(H,30,36)(H,31,35)(H,32,37). The van der Waals surface area contributed by atoms with Crippen LogP contribution in [0, 0.1) is 0 Å². The summed E-state index contributed by atoms with van der Waals surface area (Å²) in [5.41, 5.74) is 0.532. The molecule has 0 saturated carbocycles. The smallest absolute Gasteiger partial charge is 0.412 e. The van der Waals surface area contributed by atoms with Crippen LogP contribution in [-0.4, -0.2) is 78.3 Å². The number of likely N-dealkylation sites (N-methyl/N-ethyl adjacent to an activating group) is 1. The van der Waals surface area contributed by atoms with Crippen molar-refractivity contribution in [3.63, 3.8) is 0 Å². The number of benzene rings is 1. The highest BCUT2D eigenvalue weighted by atomic mass is 19.4. The zero-order chi connectivity index (χ0) is 28.5. The molecule has 1 heterocycles. The van der Waals surface area contributed by atoms with E-state index in [1.54, 1.807) is 70.1 Å². The number of carbonyl (C=O) groups is 3. The summed E-state index contributed by atoms with van der Waals surface area (Å²) in [6.45, 7) is 4.36. The lowest BCUT2D eigenvalue weighted by Gasteiger charge is -2.25. The number of para-hydroxylation sites is 2. The number of hydrogen-bond donors (Lipinski definition) is 3. The van der Waals surface area contributed by atoms with Crippen molar-refractivity contribution in [2.75, 3.05) is 44.4 Å². The van der Waals surface area contributed by atoms with Gasteiger partial charge in [0.15, 0.2) is 0 Å². The third kappa shape index (κ3) is 11.0. The Kier molecular flexibility index (Phi) is 10.5. The molecule has 3 N–H and O–H groups in total. The Labute approximate surface area is 219 Å². The number of alkyl halides is 3. The first-order valence-electron chi connectivity index (χ1n) is 11.7. The Hall–Kier alpha value is -3.87. The number of hydrogen-bond acceptors (Lipinski definition) is 6. The summed E-state index contributed by atoms with van der Waals surface area (Å²) in [6.07, 6.45) is -3.83. The molecule has 2 aromatic rings. The molecule has 2 rings (SSSR count). The fourth-order valence-corrected chi connectivity index (χ4v) is 3.03. The van der Waals surface area contributed by atoms with Crippen LogP contribution in [0.3, 0.4) is 0 Å². The SMILES string of the molecule is CN(C)CCN(Cc1ccc(C(=O)Nc2ccccc2NC(=O)OC(C)(C)C)nc1)C(=O)NCC(F)(F)F. The van der Waals surface area contributed by atoms with Crippen LogP contribution >= 0.6 is 0 Å². The third-order valence-electron chi connectivity index (χ3n) is 4.79. The quantitative estimate of drug-likeness (QED) is 0.438. The van der Waals surface area contributed by atoms with Crippen LogP contribution in [-0.2, 0) is 11.3 Å². The van der Waals surface area contributed by atoms with Gasteiger partial charge >= 0.3 is 18.3 Å². The highest BCUT2D eigenvalue weighted by Gasteiger charge is 2.29. The number of carbonyl (C=O) groups excluding carboxylic acids is 3. The largest absolute Gasteiger partial charge is 0.444 e. The highest BCUT2D eigenvalue weighted by molar-refractivity contribution is 6.05. The fourth-order valence-electron chi connectivity index (χ4n) is 3.03. The maximum Gasteiger partial charge on any atom is 0.412 e. The molecule has 0 radical (unpaired) electrons. The number of rotatable bonds is 9. The Bertz CT molecular complexity index is 1100. The van der Waals surface area contributed by atoms with Crippen LogP contribution in [0.2, 0.25) is 0 Å². The molecular formula is C25H33F3N6O4. The Balaban J connectivity index is 2.08. The van der Waals surface area contributed by atoms with Gasteiger partial charge in [0.2, 0.25) is 0 Å². The van der Waals surface area contributed by atoms with Crippen LogP contribution < -0.4 is 16.0 Å². The molecule has 38 heavy (non-hydrogen) atoms. The van der Waals surface area contributed by atoms with E-state index in [2.05, 4.69) is 15.6 Å². The summed E-state index contributed by atoms with van der Waals surface area (Å²) < 4.78 is 42.8. The number of nitrogens with zero attached hydrogens (tertiary/aromatic N) is 3. The minimum atomic E-state index is -4.53. The molecule has 0 aliphatic carbocycles. The zero-order valence-corrected chi connectivity index (χ0v) is 22.0. The lowest BCUT2D eigenvalue weighted by Crippen LogP contribution is -2.45. The second-order valence-corrected chi connectivity index (χ2v) is 9.68. The number of amides is 4. The average molecular weight is 539 g/mol. The molecule has 1 aromatic carbocycles. The van der Waals surface area contributed by atoms with E-state index in [1.165, 1.54) is 17.2 Å². The number of pyridine rings is 1. The third-order valence-corrected chi connectivity index (χ3v) is 4.79. The summed E-state index contributed by atoms with van der Waals surface area (Å²) in [5, 5.41) is 7.14. The highest BCUT2D eigenvalue weighted by Crippen LogP contribution is 2.23.